The van der Waals surface area contributed by atoms with Crippen LogP contribution in [0.2, 0.25) is 0 Å². The van der Waals surface area contributed by atoms with Gasteiger partial charge in [-0.25, -0.2) is 22.0 Å². The lowest BCUT2D eigenvalue weighted by atomic mass is 10.1. The highest BCUT2D eigenvalue weighted by atomic mass is 35.7. The van der Waals surface area contributed by atoms with Gasteiger partial charge in [0.15, 0.2) is 0 Å². The Bertz CT molecular complexity index is 644. The SMILES string of the molecule is CC(C)CC(C)OC(=O)c1cc(S(=O)(=O)Cl)c(F)cc1F. The highest BCUT2D eigenvalue weighted by Gasteiger charge is 2.24. The van der Waals surface area contributed by atoms with E-state index in [2.05, 4.69) is 0 Å². The third kappa shape index (κ3) is 4.93. The minimum Gasteiger partial charge on any atom is -0.459 e. The average molecular weight is 341 g/mol. The van der Waals surface area contributed by atoms with E-state index in [1.165, 1.54) is 0 Å². The van der Waals surface area contributed by atoms with Crippen LogP contribution in [0, 0.1) is 17.6 Å². The van der Waals surface area contributed by atoms with Crippen LogP contribution in [0.1, 0.15) is 37.6 Å². The molecule has 21 heavy (non-hydrogen) atoms. The van der Waals surface area contributed by atoms with Crippen molar-refractivity contribution in [1.29, 1.82) is 0 Å². The largest absolute Gasteiger partial charge is 0.459 e. The summed E-state index contributed by atoms with van der Waals surface area (Å²) in [6.45, 7) is 5.46. The van der Waals surface area contributed by atoms with Gasteiger partial charge >= 0.3 is 5.97 Å². The molecule has 0 radical (unpaired) electrons. The molecule has 8 heteroatoms. The van der Waals surface area contributed by atoms with Crippen LogP contribution in [-0.4, -0.2) is 20.5 Å². The zero-order valence-electron chi connectivity index (χ0n) is 11.7. The summed E-state index contributed by atoms with van der Waals surface area (Å²) in [4.78, 5) is 10.9. The van der Waals surface area contributed by atoms with Crippen molar-refractivity contribution in [3.05, 3.63) is 29.3 Å². The highest BCUT2D eigenvalue weighted by molar-refractivity contribution is 8.13. The number of hydrogen-bond acceptors (Lipinski definition) is 4. The van der Waals surface area contributed by atoms with Crippen LogP contribution < -0.4 is 0 Å². The predicted molar refractivity (Wildman–Crippen MR) is 73.7 cm³/mol. The van der Waals surface area contributed by atoms with Crippen LogP contribution in [0.5, 0.6) is 0 Å². The van der Waals surface area contributed by atoms with E-state index in [-0.39, 0.29) is 5.92 Å². The first-order chi connectivity index (χ1) is 9.52. The van der Waals surface area contributed by atoms with E-state index in [0.29, 0.717) is 18.6 Å². The molecule has 118 valence electrons. The molecule has 0 bridgehead atoms. The number of rotatable bonds is 5. The van der Waals surface area contributed by atoms with Crippen molar-refractivity contribution in [2.24, 2.45) is 5.92 Å². The van der Waals surface area contributed by atoms with Crippen molar-refractivity contribution in [2.45, 2.75) is 38.2 Å². The molecular formula is C13H15ClF2O4S. The first-order valence-electron chi connectivity index (χ1n) is 6.17. The third-order valence-electron chi connectivity index (χ3n) is 2.62. The fourth-order valence-corrected chi connectivity index (χ4v) is 2.74. The summed E-state index contributed by atoms with van der Waals surface area (Å²) in [5.74, 6) is -3.39. The molecule has 0 saturated carbocycles. The zero-order chi connectivity index (χ0) is 16.4. The van der Waals surface area contributed by atoms with E-state index < -0.39 is 43.2 Å². The summed E-state index contributed by atoms with van der Waals surface area (Å²) in [6.07, 6.45) is 0.0629. The van der Waals surface area contributed by atoms with Gasteiger partial charge in [-0.05, 0) is 25.3 Å². The molecule has 1 unspecified atom stereocenters. The molecule has 0 saturated heterocycles. The van der Waals surface area contributed by atoms with Gasteiger partial charge < -0.3 is 4.74 Å². The van der Waals surface area contributed by atoms with Crippen LogP contribution in [0.15, 0.2) is 17.0 Å². The molecular weight excluding hydrogens is 326 g/mol. The van der Waals surface area contributed by atoms with Crippen molar-refractivity contribution in [1.82, 2.24) is 0 Å². The molecule has 0 N–H and O–H groups in total. The van der Waals surface area contributed by atoms with Gasteiger partial charge in [-0.1, -0.05) is 13.8 Å². The number of hydrogen-bond donors (Lipinski definition) is 0. The van der Waals surface area contributed by atoms with Crippen molar-refractivity contribution in [3.63, 3.8) is 0 Å². The molecule has 1 rings (SSSR count). The van der Waals surface area contributed by atoms with Crippen LogP contribution in [0.4, 0.5) is 8.78 Å². The van der Waals surface area contributed by atoms with Gasteiger partial charge in [0.1, 0.15) is 16.5 Å². The van der Waals surface area contributed by atoms with Gasteiger partial charge in [-0.3, -0.25) is 0 Å². The van der Waals surface area contributed by atoms with Crippen molar-refractivity contribution in [2.75, 3.05) is 0 Å². The van der Waals surface area contributed by atoms with Gasteiger partial charge in [0.05, 0.1) is 11.7 Å². The van der Waals surface area contributed by atoms with Crippen LogP contribution in [0.3, 0.4) is 0 Å². The topological polar surface area (TPSA) is 60.4 Å². The molecule has 0 aliphatic heterocycles. The summed E-state index contributed by atoms with van der Waals surface area (Å²) >= 11 is 0. The lowest BCUT2D eigenvalue weighted by Crippen LogP contribution is -2.18. The standard InChI is InChI=1S/C13H15ClF2O4S/c1-7(2)4-8(3)20-13(17)9-5-12(21(14,18)19)11(16)6-10(9)15/h5-8H,4H2,1-3H3. The molecule has 1 aromatic rings. The van der Waals surface area contributed by atoms with E-state index in [9.17, 15) is 22.0 Å². The Labute approximate surface area is 126 Å². The van der Waals surface area contributed by atoms with Crippen LogP contribution in [-0.2, 0) is 13.8 Å². The van der Waals surface area contributed by atoms with E-state index in [1.54, 1.807) is 6.92 Å². The molecule has 1 aromatic carbocycles. The molecule has 0 aliphatic rings. The molecule has 4 nitrogen and oxygen atoms in total. The number of ether oxygens (including phenoxy) is 1. The third-order valence-corrected chi connectivity index (χ3v) is 3.95. The quantitative estimate of drug-likeness (QED) is 0.608. The summed E-state index contributed by atoms with van der Waals surface area (Å²) in [5.41, 5.74) is -0.675. The predicted octanol–water partition coefficient (Wildman–Crippen LogP) is 3.48. The fourth-order valence-electron chi connectivity index (χ4n) is 1.83. The molecule has 0 aromatic heterocycles. The van der Waals surface area contributed by atoms with Crippen LogP contribution >= 0.6 is 10.7 Å². The van der Waals surface area contributed by atoms with Crippen molar-refractivity contribution in [3.8, 4) is 0 Å². The molecule has 0 aliphatic carbocycles. The zero-order valence-corrected chi connectivity index (χ0v) is 13.3. The average Bonchev–Trinajstić information content (AvgIpc) is 2.24. The molecule has 0 amide bonds. The van der Waals surface area contributed by atoms with Crippen molar-refractivity contribution < 1.29 is 26.7 Å². The molecule has 0 fully saturated rings. The summed E-state index contributed by atoms with van der Waals surface area (Å²) in [5, 5.41) is 0. The Hall–Kier alpha value is -1.21. The minimum absolute atomic E-state index is 0.254. The normalized spacial score (nSPS) is 13.3. The first-order valence-corrected chi connectivity index (χ1v) is 8.48. The maximum Gasteiger partial charge on any atom is 0.341 e. The Balaban J connectivity index is 3.10. The van der Waals surface area contributed by atoms with Gasteiger partial charge in [-0.15, -0.1) is 0 Å². The van der Waals surface area contributed by atoms with Gasteiger partial charge in [0.2, 0.25) is 0 Å². The second kappa shape index (κ2) is 6.70. The van der Waals surface area contributed by atoms with E-state index in [0.717, 1.165) is 0 Å². The molecule has 0 spiro atoms. The molecule has 0 heterocycles. The Morgan fingerprint density at radius 1 is 1.24 bits per heavy atom. The van der Waals surface area contributed by atoms with Crippen LogP contribution in [0.25, 0.3) is 0 Å². The number of carbonyl (C=O) groups excluding carboxylic acids is 1. The Morgan fingerprint density at radius 3 is 2.29 bits per heavy atom. The molecule has 1 atom stereocenters. The van der Waals surface area contributed by atoms with E-state index in [1.807, 2.05) is 13.8 Å². The summed E-state index contributed by atoms with van der Waals surface area (Å²) in [7, 11) is 0.594. The van der Waals surface area contributed by atoms with E-state index in [4.69, 9.17) is 15.4 Å². The fraction of sp³-hybridized carbons (Fsp3) is 0.462. The second-order valence-electron chi connectivity index (χ2n) is 5.05. The number of carbonyl (C=O) groups is 1. The second-order valence-corrected chi connectivity index (χ2v) is 7.58. The summed E-state index contributed by atoms with van der Waals surface area (Å²) < 4.78 is 54.3. The summed E-state index contributed by atoms with van der Waals surface area (Å²) in [6, 6.07) is 0.830. The monoisotopic (exact) mass is 340 g/mol. The minimum atomic E-state index is -4.43. The van der Waals surface area contributed by atoms with Gasteiger partial charge in [-0.2, -0.15) is 0 Å². The Morgan fingerprint density at radius 2 is 1.81 bits per heavy atom. The Kier molecular flexibility index (Phi) is 5.69. The van der Waals surface area contributed by atoms with Gasteiger partial charge in [0.25, 0.3) is 9.05 Å². The maximum atomic E-state index is 13.6. The van der Waals surface area contributed by atoms with E-state index >= 15 is 0 Å². The lowest BCUT2D eigenvalue weighted by molar-refractivity contribution is 0.0294. The number of halogens is 3. The lowest BCUT2D eigenvalue weighted by Gasteiger charge is -2.15. The highest BCUT2D eigenvalue weighted by Crippen LogP contribution is 2.23. The number of benzene rings is 1. The smallest absolute Gasteiger partial charge is 0.341 e. The van der Waals surface area contributed by atoms with Gasteiger partial charge in [0, 0.05) is 16.7 Å². The van der Waals surface area contributed by atoms with Crippen molar-refractivity contribution >= 4 is 25.7 Å². The number of esters is 1. The first kappa shape index (κ1) is 17.8. The maximum absolute atomic E-state index is 13.6.